The van der Waals surface area contributed by atoms with Gasteiger partial charge >= 0.3 is 6.03 Å². The van der Waals surface area contributed by atoms with Crippen molar-refractivity contribution in [3.05, 3.63) is 51.7 Å². The predicted octanol–water partition coefficient (Wildman–Crippen LogP) is 4.18. The van der Waals surface area contributed by atoms with Crippen LogP contribution < -0.4 is 10.6 Å². The minimum absolute atomic E-state index is 0.0580. The van der Waals surface area contributed by atoms with Crippen molar-refractivity contribution in [2.75, 3.05) is 11.9 Å². The van der Waals surface area contributed by atoms with Crippen molar-refractivity contribution in [2.45, 2.75) is 44.7 Å². The normalized spacial score (nSPS) is 19.0. The molecule has 0 saturated heterocycles. The number of carbonyl (C=O) groups excluding carboxylic acids is 2. The van der Waals surface area contributed by atoms with Crippen molar-refractivity contribution in [3.63, 3.8) is 0 Å². The molecule has 5 nitrogen and oxygen atoms in total. The van der Waals surface area contributed by atoms with E-state index in [1.807, 2.05) is 4.90 Å². The number of carbonyl (C=O) groups is 2. The molecule has 1 atom stereocenters. The summed E-state index contributed by atoms with van der Waals surface area (Å²) in [5.74, 6) is 0.0580. The minimum Gasteiger partial charge on any atom is -0.335 e. The van der Waals surface area contributed by atoms with Crippen molar-refractivity contribution in [2.24, 2.45) is 0 Å². The third-order valence-electron chi connectivity index (χ3n) is 5.04. The number of amides is 3. The molecule has 1 aromatic heterocycles. The topological polar surface area (TPSA) is 61.4 Å². The highest BCUT2D eigenvalue weighted by Crippen LogP contribution is 2.36. The number of thiophene rings is 1. The Morgan fingerprint density at radius 1 is 1.19 bits per heavy atom. The third kappa shape index (κ3) is 3.46. The van der Waals surface area contributed by atoms with Gasteiger partial charge in [0.05, 0.1) is 6.04 Å². The summed E-state index contributed by atoms with van der Waals surface area (Å²) in [6.07, 6.45) is 3.95. The predicted molar refractivity (Wildman–Crippen MR) is 104 cm³/mol. The Morgan fingerprint density at radius 3 is 2.65 bits per heavy atom. The molecule has 1 aromatic carbocycles. The molecule has 0 radical (unpaired) electrons. The van der Waals surface area contributed by atoms with Gasteiger partial charge in [0, 0.05) is 28.7 Å². The van der Waals surface area contributed by atoms with Gasteiger partial charge in [-0.2, -0.15) is 0 Å². The van der Waals surface area contributed by atoms with Gasteiger partial charge in [-0.1, -0.05) is 6.92 Å². The van der Waals surface area contributed by atoms with E-state index in [9.17, 15) is 9.59 Å². The first-order valence-electron chi connectivity index (χ1n) is 9.20. The molecule has 1 fully saturated rings. The number of nitrogens with one attached hydrogen (secondary N) is 2. The van der Waals surface area contributed by atoms with E-state index in [0.717, 1.165) is 32.2 Å². The van der Waals surface area contributed by atoms with Crippen LogP contribution in [-0.2, 0) is 6.42 Å². The summed E-state index contributed by atoms with van der Waals surface area (Å²) in [5, 5.41) is 7.82. The van der Waals surface area contributed by atoms with E-state index >= 15 is 0 Å². The quantitative estimate of drug-likeness (QED) is 0.849. The second kappa shape index (κ2) is 7.11. The van der Waals surface area contributed by atoms with Crippen LogP contribution in [0.4, 0.5) is 10.5 Å². The maximum atomic E-state index is 13.0. The number of urea groups is 1. The number of anilines is 1. The van der Waals surface area contributed by atoms with E-state index in [-0.39, 0.29) is 18.0 Å². The highest BCUT2D eigenvalue weighted by Gasteiger charge is 2.30. The molecule has 6 heteroatoms. The van der Waals surface area contributed by atoms with Gasteiger partial charge in [-0.25, -0.2) is 4.79 Å². The van der Waals surface area contributed by atoms with E-state index in [0.29, 0.717) is 17.3 Å². The summed E-state index contributed by atoms with van der Waals surface area (Å²) >= 11 is 1.79. The molecule has 2 heterocycles. The van der Waals surface area contributed by atoms with Crippen LogP contribution in [0.1, 0.15) is 53.0 Å². The Kier molecular flexibility index (Phi) is 4.68. The lowest BCUT2D eigenvalue weighted by Gasteiger charge is -2.35. The first-order chi connectivity index (χ1) is 12.7. The molecule has 2 N–H and O–H groups in total. The molecule has 3 amide bonds. The molecule has 2 aliphatic rings. The standard InChI is InChI=1S/C20H23N3O2S/c1-2-17-16-10-12-26-18(16)9-11-23(17)19(24)13-3-5-14(6-4-13)21-20(25)22-15-7-8-15/h3-6,10,12,15,17H,2,7-9,11H2,1H3,(H2,21,22,25)/t17-/m1/s1. The maximum absolute atomic E-state index is 13.0. The Balaban J connectivity index is 1.45. The maximum Gasteiger partial charge on any atom is 0.319 e. The van der Waals surface area contributed by atoms with E-state index < -0.39 is 0 Å². The highest BCUT2D eigenvalue weighted by molar-refractivity contribution is 7.10. The Bertz CT molecular complexity index is 811. The van der Waals surface area contributed by atoms with E-state index in [1.54, 1.807) is 35.6 Å². The average molecular weight is 369 g/mol. The second-order valence-electron chi connectivity index (χ2n) is 6.92. The molecular formula is C20H23N3O2S. The summed E-state index contributed by atoms with van der Waals surface area (Å²) in [6.45, 7) is 2.89. The summed E-state index contributed by atoms with van der Waals surface area (Å²) in [7, 11) is 0. The van der Waals surface area contributed by atoms with Crippen LogP contribution in [0, 0.1) is 0 Å². The van der Waals surface area contributed by atoms with Crippen LogP contribution >= 0.6 is 11.3 Å². The van der Waals surface area contributed by atoms with Crippen molar-refractivity contribution in [1.29, 1.82) is 0 Å². The molecule has 26 heavy (non-hydrogen) atoms. The number of rotatable bonds is 4. The van der Waals surface area contributed by atoms with Crippen molar-refractivity contribution in [1.82, 2.24) is 10.2 Å². The van der Waals surface area contributed by atoms with Crippen molar-refractivity contribution in [3.8, 4) is 0 Å². The van der Waals surface area contributed by atoms with Crippen LogP contribution in [0.3, 0.4) is 0 Å². The highest BCUT2D eigenvalue weighted by atomic mass is 32.1. The Labute approximate surface area is 157 Å². The molecule has 4 rings (SSSR count). The SMILES string of the molecule is CC[C@@H]1c2ccsc2CCN1C(=O)c1ccc(NC(=O)NC2CC2)cc1. The zero-order chi connectivity index (χ0) is 18.1. The van der Waals surface area contributed by atoms with Gasteiger partial charge in [0.1, 0.15) is 0 Å². The van der Waals surface area contributed by atoms with Crippen molar-refractivity contribution >= 4 is 29.0 Å². The van der Waals surface area contributed by atoms with Gasteiger partial charge in [-0.15, -0.1) is 11.3 Å². The molecule has 1 aliphatic carbocycles. The fraction of sp³-hybridized carbons (Fsp3) is 0.400. The Hall–Kier alpha value is -2.34. The average Bonchev–Trinajstić information content (AvgIpc) is 3.32. The molecule has 1 aliphatic heterocycles. The van der Waals surface area contributed by atoms with Crippen LogP contribution in [-0.4, -0.2) is 29.4 Å². The van der Waals surface area contributed by atoms with Crippen LogP contribution in [0.2, 0.25) is 0 Å². The first-order valence-corrected chi connectivity index (χ1v) is 10.1. The molecule has 0 unspecified atom stereocenters. The number of nitrogens with zero attached hydrogens (tertiary/aromatic N) is 1. The molecule has 0 spiro atoms. The fourth-order valence-electron chi connectivity index (χ4n) is 3.52. The van der Waals surface area contributed by atoms with E-state index in [2.05, 4.69) is 29.0 Å². The fourth-order valence-corrected chi connectivity index (χ4v) is 4.45. The van der Waals surface area contributed by atoms with Gasteiger partial charge in [0.2, 0.25) is 0 Å². The third-order valence-corrected chi connectivity index (χ3v) is 6.04. The van der Waals surface area contributed by atoms with Crippen molar-refractivity contribution < 1.29 is 9.59 Å². The molecule has 136 valence electrons. The van der Waals surface area contributed by atoms with E-state index in [4.69, 9.17) is 0 Å². The number of benzene rings is 1. The summed E-state index contributed by atoms with van der Waals surface area (Å²) in [5.41, 5.74) is 2.66. The smallest absolute Gasteiger partial charge is 0.319 e. The van der Waals surface area contributed by atoms with Crippen LogP contribution in [0.5, 0.6) is 0 Å². The van der Waals surface area contributed by atoms with Crippen LogP contribution in [0.25, 0.3) is 0 Å². The van der Waals surface area contributed by atoms with Gasteiger partial charge in [-0.3, -0.25) is 4.79 Å². The molecule has 1 saturated carbocycles. The number of fused-ring (bicyclic) bond motifs is 1. The van der Waals surface area contributed by atoms with Gasteiger partial charge in [0.25, 0.3) is 5.91 Å². The molecular weight excluding hydrogens is 346 g/mol. The largest absolute Gasteiger partial charge is 0.335 e. The van der Waals surface area contributed by atoms with Gasteiger partial charge in [0.15, 0.2) is 0 Å². The monoisotopic (exact) mass is 369 g/mol. The minimum atomic E-state index is -0.182. The second-order valence-corrected chi connectivity index (χ2v) is 7.92. The lowest BCUT2D eigenvalue weighted by molar-refractivity contribution is 0.0657. The lowest BCUT2D eigenvalue weighted by Crippen LogP contribution is -2.39. The van der Waals surface area contributed by atoms with E-state index in [1.165, 1.54) is 10.4 Å². The van der Waals surface area contributed by atoms with Gasteiger partial charge < -0.3 is 15.5 Å². The van der Waals surface area contributed by atoms with Crippen LogP contribution in [0.15, 0.2) is 35.7 Å². The summed E-state index contributed by atoms with van der Waals surface area (Å²) < 4.78 is 0. The molecule has 0 bridgehead atoms. The zero-order valence-corrected chi connectivity index (χ0v) is 15.6. The first kappa shape index (κ1) is 17.1. The number of hydrogen-bond donors (Lipinski definition) is 2. The molecule has 2 aromatic rings. The zero-order valence-electron chi connectivity index (χ0n) is 14.8. The number of hydrogen-bond acceptors (Lipinski definition) is 3. The lowest BCUT2D eigenvalue weighted by atomic mass is 9.97. The summed E-state index contributed by atoms with van der Waals surface area (Å²) in [4.78, 5) is 28.2. The summed E-state index contributed by atoms with van der Waals surface area (Å²) in [6, 6.07) is 9.62. The Morgan fingerprint density at radius 2 is 1.96 bits per heavy atom. The van der Waals surface area contributed by atoms with Gasteiger partial charge in [-0.05, 0) is 67.0 Å².